The van der Waals surface area contributed by atoms with Crippen molar-refractivity contribution in [2.24, 2.45) is 5.14 Å². The lowest BCUT2D eigenvalue weighted by Crippen LogP contribution is -2.15. The van der Waals surface area contributed by atoms with Gasteiger partial charge in [-0.05, 0) is 24.6 Å². The summed E-state index contributed by atoms with van der Waals surface area (Å²) in [6, 6.07) is 4.64. The highest BCUT2D eigenvalue weighted by Crippen LogP contribution is 2.20. The van der Waals surface area contributed by atoms with E-state index in [4.69, 9.17) is 5.14 Å². The second-order valence-electron chi connectivity index (χ2n) is 3.18. The Morgan fingerprint density at radius 1 is 1.47 bits per heavy atom. The molecule has 1 aromatic rings. The molecule has 0 saturated carbocycles. The van der Waals surface area contributed by atoms with E-state index in [-0.39, 0.29) is 17.1 Å². The average Bonchev–Trinajstić information content (AvgIpc) is 2.05. The van der Waals surface area contributed by atoms with Crippen LogP contribution in [-0.2, 0) is 21.2 Å². The highest BCUT2D eigenvalue weighted by Gasteiger charge is 2.15. The molecule has 0 saturated heterocycles. The van der Waals surface area contributed by atoms with Gasteiger partial charge in [0.25, 0.3) is 0 Å². The fraction of sp³-hybridized carbons (Fsp3) is 0.222. The van der Waals surface area contributed by atoms with Gasteiger partial charge < -0.3 is 0 Å². The number of sulfonamides is 1. The van der Waals surface area contributed by atoms with Crippen LogP contribution < -0.4 is 5.14 Å². The molecule has 0 radical (unpaired) electrons. The molecule has 0 spiro atoms. The Labute approximate surface area is 96.7 Å². The summed E-state index contributed by atoms with van der Waals surface area (Å²) in [7, 11) is -3.78. The minimum Gasteiger partial charge on any atom is -0.300 e. The third-order valence-electron chi connectivity index (χ3n) is 1.78. The van der Waals surface area contributed by atoms with Crippen LogP contribution >= 0.6 is 15.9 Å². The first-order valence-corrected chi connectivity index (χ1v) is 6.45. The maximum absolute atomic E-state index is 11.2. The molecule has 4 nitrogen and oxygen atoms in total. The van der Waals surface area contributed by atoms with Gasteiger partial charge in [0, 0.05) is 10.9 Å². The SMILES string of the molecule is CC(=O)Cc1ccc(Br)cc1S(N)(=O)=O. The molecule has 1 aromatic carbocycles. The lowest BCUT2D eigenvalue weighted by molar-refractivity contribution is -0.116. The zero-order chi connectivity index (χ0) is 11.6. The molecule has 0 unspecified atom stereocenters. The number of halogens is 1. The van der Waals surface area contributed by atoms with Gasteiger partial charge in [0.05, 0.1) is 4.90 Å². The van der Waals surface area contributed by atoms with Crippen LogP contribution in [0.1, 0.15) is 12.5 Å². The van der Waals surface area contributed by atoms with Gasteiger partial charge >= 0.3 is 0 Å². The number of carbonyl (C=O) groups excluding carboxylic acids is 1. The monoisotopic (exact) mass is 291 g/mol. The van der Waals surface area contributed by atoms with Crippen molar-refractivity contribution in [2.45, 2.75) is 18.2 Å². The van der Waals surface area contributed by atoms with Crippen molar-refractivity contribution in [3.05, 3.63) is 28.2 Å². The predicted octanol–water partition coefficient (Wildman–Crippen LogP) is 1.23. The lowest BCUT2D eigenvalue weighted by Gasteiger charge is -2.06. The number of hydrogen-bond acceptors (Lipinski definition) is 3. The van der Waals surface area contributed by atoms with Crippen LogP contribution in [0.4, 0.5) is 0 Å². The quantitative estimate of drug-likeness (QED) is 0.910. The Morgan fingerprint density at radius 3 is 2.53 bits per heavy atom. The van der Waals surface area contributed by atoms with E-state index in [0.29, 0.717) is 10.0 Å². The number of benzene rings is 1. The summed E-state index contributed by atoms with van der Waals surface area (Å²) >= 11 is 3.15. The van der Waals surface area contributed by atoms with Crippen LogP contribution in [-0.4, -0.2) is 14.2 Å². The third kappa shape index (κ3) is 3.40. The molecule has 0 heterocycles. The Balaban J connectivity index is 3.33. The fourth-order valence-corrected chi connectivity index (χ4v) is 2.52. The number of carbonyl (C=O) groups is 1. The first-order chi connectivity index (χ1) is 6.80. The number of hydrogen-bond donors (Lipinski definition) is 1. The lowest BCUT2D eigenvalue weighted by atomic mass is 10.1. The molecule has 2 N–H and O–H groups in total. The first kappa shape index (κ1) is 12.4. The molecular formula is C9H10BrNO3S. The summed E-state index contributed by atoms with van der Waals surface area (Å²) in [5.41, 5.74) is 0.424. The van der Waals surface area contributed by atoms with Crippen molar-refractivity contribution >= 4 is 31.7 Å². The van der Waals surface area contributed by atoms with Gasteiger partial charge in [-0.2, -0.15) is 0 Å². The van der Waals surface area contributed by atoms with Gasteiger partial charge in [0.2, 0.25) is 10.0 Å². The molecule has 0 atom stereocenters. The maximum Gasteiger partial charge on any atom is 0.238 e. The molecule has 0 amide bonds. The second-order valence-corrected chi connectivity index (χ2v) is 5.62. The average molecular weight is 292 g/mol. The molecule has 0 bridgehead atoms. The normalized spacial score (nSPS) is 11.4. The number of rotatable bonds is 3. The fourth-order valence-electron chi connectivity index (χ4n) is 1.21. The van der Waals surface area contributed by atoms with Crippen molar-refractivity contribution in [2.75, 3.05) is 0 Å². The van der Waals surface area contributed by atoms with Gasteiger partial charge in [-0.3, -0.25) is 4.79 Å². The zero-order valence-corrected chi connectivity index (χ0v) is 10.4. The molecular weight excluding hydrogens is 282 g/mol. The molecule has 82 valence electrons. The van der Waals surface area contributed by atoms with Gasteiger partial charge in [-0.15, -0.1) is 0 Å². The molecule has 0 aliphatic carbocycles. The molecule has 0 fully saturated rings. The second kappa shape index (κ2) is 4.42. The van der Waals surface area contributed by atoms with Gasteiger partial charge in [0.15, 0.2) is 0 Å². The van der Waals surface area contributed by atoms with Crippen LogP contribution in [0.2, 0.25) is 0 Å². The molecule has 0 aliphatic heterocycles. The van der Waals surface area contributed by atoms with Crippen LogP contribution in [0.25, 0.3) is 0 Å². The largest absolute Gasteiger partial charge is 0.300 e. The third-order valence-corrected chi connectivity index (χ3v) is 3.26. The molecule has 1 rings (SSSR count). The Morgan fingerprint density at radius 2 is 2.07 bits per heavy atom. The van der Waals surface area contributed by atoms with E-state index in [1.54, 1.807) is 12.1 Å². The van der Waals surface area contributed by atoms with Crippen LogP contribution in [0, 0.1) is 0 Å². The smallest absolute Gasteiger partial charge is 0.238 e. The zero-order valence-electron chi connectivity index (χ0n) is 8.03. The van der Waals surface area contributed by atoms with Gasteiger partial charge in [-0.25, -0.2) is 13.6 Å². The number of Topliss-reactive ketones (excluding diaryl/α,β-unsaturated/α-hetero) is 1. The van der Waals surface area contributed by atoms with E-state index in [2.05, 4.69) is 15.9 Å². The van der Waals surface area contributed by atoms with Crippen molar-refractivity contribution in [1.82, 2.24) is 0 Å². The maximum atomic E-state index is 11.2. The van der Waals surface area contributed by atoms with Gasteiger partial charge in [-0.1, -0.05) is 22.0 Å². The van der Waals surface area contributed by atoms with E-state index in [1.165, 1.54) is 13.0 Å². The first-order valence-electron chi connectivity index (χ1n) is 4.11. The predicted molar refractivity (Wildman–Crippen MR) is 59.9 cm³/mol. The van der Waals surface area contributed by atoms with Crippen molar-refractivity contribution in [3.8, 4) is 0 Å². The Hall–Kier alpha value is -0.720. The molecule has 15 heavy (non-hydrogen) atoms. The topological polar surface area (TPSA) is 77.2 Å². The van der Waals surface area contributed by atoms with E-state index >= 15 is 0 Å². The standard InChI is InChI=1S/C9H10BrNO3S/c1-6(12)4-7-2-3-8(10)5-9(7)15(11,13)14/h2-3,5H,4H2,1H3,(H2,11,13,14). The highest BCUT2D eigenvalue weighted by atomic mass is 79.9. The summed E-state index contributed by atoms with van der Waals surface area (Å²) in [5.74, 6) is -0.109. The number of primary sulfonamides is 1. The van der Waals surface area contributed by atoms with E-state index < -0.39 is 10.0 Å². The van der Waals surface area contributed by atoms with E-state index in [9.17, 15) is 13.2 Å². The molecule has 6 heteroatoms. The summed E-state index contributed by atoms with van der Waals surface area (Å²) < 4.78 is 23.1. The van der Waals surface area contributed by atoms with Crippen molar-refractivity contribution < 1.29 is 13.2 Å². The van der Waals surface area contributed by atoms with Crippen LogP contribution in [0.5, 0.6) is 0 Å². The van der Waals surface area contributed by atoms with Crippen molar-refractivity contribution in [1.29, 1.82) is 0 Å². The summed E-state index contributed by atoms with van der Waals surface area (Å²) in [4.78, 5) is 10.9. The molecule has 0 aromatic heterocycles. The number of ketones is 1. The summed E-state index contributed by atoms with van der Waals surface area (Å²) in [5, 5.41) is 5.04. The Kier molecular flexibility index (Phi) is 3.64. The minimum absolute atomic E-state index is 0.00734. The van der Waals surface area contributed by atoms with Crippen LogP contribution in [0.3, 0.4) is 0 Å². The summed E-state index contributed by atoms with van der Waals surface area (Å²) in [6.45, 7) is 1.40. The highest BCUT2D eigenvalue weighted by molar-refractivity contribution is 9.10. The number of nitrogens with two attached hydrogens (primary N) is 1. The molecule has 0 aliphatic rings. The Bertz CT molecular complexity index is 496. The minimum atomic E-state index is -3.78. The van der Waals surface area contributed by atoms with Crippen molar-refractivity contribution in [3.63, 3.8) is 0 Å². The van der Waals surface area contributed by atoms with Gasteiger partial charge in [0.1, 0.15) is 5.78 Å². The van der Waals surface area contributed by atoms with E-state index in [0.717, 1.165) is 0 Å². The summed E-state index contributed by atoms with van der Waals surface area (Å²) in [6.07, 6.45) is 0.0685. The van der Waals surface area contributed by atoms with E-state index in [1.807, 2.05) is 0 Å². The van der Waals surface area contributed by atoms with Crippen LogP contribution in [0.15, 0.2) is 27.6 Å².